The van der Waals surface area contributed by atoms with Gasteiger partial charge in [-0.15, -0.1) is 5.54 Å². The lowest BCUT2D eigenvalue weighted by Gasteiger charge is -2.42. The summed E-state index contributed by atoms with van der Waals surface area (Å²) in [6, 6.07) is 0. The van der Waals surface area contributed by atoms with Crippen molar-refractivity contribution >= 4 is 8.07 Å². The minimum absolute atomic E-state index is 0.256. The maximum Gasteiger partial charge on any atom is 0.391 e. The van der Waals surface area contributed by atoms with E-state index in [2.05, 4.69) is 38.0 Å². The van der Waals surface area contributed by atoms with Gasteiger partial charge in [-0.05, 0) is 68.6 Å². The molecule has 0 aromatic heterocycles. The molecule has 3 fully saturated rings. The van der Waals surface area contributed by atoms with Gasteiger partial charge < -0.3 is 9.47 Å². The number of halogens is 3. The number of rotatable bonds is 4. The van der Waals surface area contributed by atoms with Crippen LogP contribution in [0, 0.1) is 41.1 Å². The van der Waals surface area contributed by atoms with Crippen molar-refractivity contribution < 1.29 is 22.6 Å². The zero-order valence-corrected chi connectivity index (χ0v) is 20.8. The largest absolute Gasteiger partial charge is 0.391 e. The van der Waals surface area contributed by atoms with Crippen molar-refractivity contribution in [2.24, 2.45) is 29.6 Å². The van der Waals surface area contributed by atoms with E-state index in [-0.39, 0.29) is 12.8 Å². The van der Waals surface area contributed by atoms with Crippen LogP contribution in [0.2, 0.25) is 19.6 Å². The van der Waals surface area contributed by atoms with Gasteiger partial charge in [0.05, 0.1) is 19.1 Å². The Bertz CT molecular complexity index is 622. The first-order valence-corrected chi connectivity index (χ1v) is 15.8. The minimum atomic E-state index is -4.05. The molecule has 0 atom stereocenters. The molecule has 3 aliphatic rings. The van der Waals surface area contributed by atoms with Gasteiger partial charge in [0.1, 0.15) is 8.07 Å². The highest BCUT2D eigenvalue weighted by molar-refractivity contribution is 6.83. The van der Waals surface area contributed by atoms with Gasteiger partial charge in [0.2, 0.25) is 5.79 Å². The Kier molecular flexibility index (Phi) is 8.25. The van der Waals surface area contributed by atoms with Crippen molar-refractivity contribution in [3.05, 3.63) is 0 Å². The Morgan fingerprint density at radius 2 is 1.45 bits per heavy atom. The Morgan fingerprint density at radius 3 is 1.97 bits per heavy atom. The second kappa shape index (κ2) is 10.2. The predicted octanol–water partition coefficient (Wildman–Crippen LogP) is 7.20. The molecule has 1 aliphatic heterocycles. The average molecular weight is 459 g/mol. The molecule has 6 heteroatoms. The Labute approximate surface area is 188 Å². The van der Waals surface area contributed by atoms with Crippen LogP contribution in [0.5, 0.6) is 0 Å². The third kappa shape index (κ3) is 7.50. The molecule has 0 bridgehead atoms. The summed E-state index contributed by atoms with van der Waals surface area (Å²) in [4.78, 5) is 0. The molecule has 178 valence electrons. The Balaban J connectivity index is 1.57. The number of alkyl halides is 3. The number of ether oxygens (including phenoxy) is 2. The van der Waals surface area contributed by atoms with E-state index in [1.807, 2.05) is 0 Å². The fourth-order valence-corrected chi connectivity index (χ4v) is 5.90. The lowest BCUT2D eigenvalue weighted by Crippen LogP contribution is -2.46. The summed E-state index contributed by atoms with van der Waals surface area (Å²) in [5.74, 6) is 3.65. The van der Waals surface area contributed by atoms with Crippen molar-refractivity contribution in [3.63, 3.8) is 0 Å². The third-order valence-corrected chi connectivity index (χ3v) is 8.48. The molecule has 0 aromatic carbocycles. The summed E-state index contributed by atoms with van der Waals surface area (Å²) in [6.07, 6.45) is 4.35. The van der Waals surface area contributed by atoms with E-state index >= 15 is 0 Å². The molecule has 0 amide bonds. The molecule has 2 saturated carbocycles. The molecule has 2 nitrogen and oxygen atoms in total. The van der Waals surface area contributed by atoms with Crippen LogP contribution in [0.1, 0.15) is 71.1 Å². The van der Waals surface area contributed by atoms with Gasteiger partial charge in [-0.2, -0.15) is 13.2 Å². The zero-order valence-electron chi connectivity index (χ0n) is 19.8. The topological polar surface area (TPSA) is 18.5 Å². The fraction of sp³-hybridized carbons (Fsp3) is 0.920. The number of hydrogen-bond acceptors (Lipinski definition) is 2. The summed E-state index contributed by atoms with van der Waals surface area (Å²) in [5, 5.41) is 0. The SMILES string of the molecule is CC1CCC(C2COC(C#C[Si](C)(C)C)(CCC3CCC(C(F)(F)F)CC3)OC2)CC1. The smallest absolute Gasteiger partial charge is 0.339 e. The van der Waals surface area contributed by atoms with Gasteiger partial charge >= 0.3 is 6.18 Å². The van der Waals surface area contributed by atoms with E-state index < -0.39 is 26.0 Å². The van der Waals surface area contributed by atoms with E-state index in [1.54, 1.807) is 0 Å². The van der Waals surface area contributed by atoms with Crippen molar-refractivity contribution in [2.45, 2.75) is 103 Å². The fourth-order valence-electron chi connectivity index (χ4n) is 5.34. The first-order valence-electron chi connectivity index (χ1n) is 12.3. The molecule has 0 N–H and O–H groups in total. The summed E-state index contributed by atoms with van der Waals surface area (Å²) >= 11 is 0. The van der Waals surface area contributed by atoms with E-state index in [1.165, 1.54) is 25.7 Å². The summed E-state index contributed by atoms with van der Waals surface area (Å²) in [6.45, 7) is 10.4. The molecule has 31 heavy (non-hydrogen) atoms. The van der Waals surface area contributed by atoms with Crippen LogP contribution in [0.15, 0.2) is 0 Å². The molecule has 1 heterocycles. The standard InChI is InChI=1S/C25H41F3O2Si/c1-19-5-9-21(10-6-19)22-17-29-24(30-18-22,15-16-31(2,3)4)14-13-20-7-11-23(12-8-20)25(26,27)28/h19-23H,5-14,17-18H2,1-4H3. The van der Waals surface area contributed by atoms with E-state index in [0.29, 0.717) is 50.2 Å². The minimum Gasteiger partial charge on any atom is -0.339 e. The van der Waals surface area contributed by atoms with Crippen molar-refractivity contribution in [1.29, 1.82) is 0 Å². The van der Waals surface area contributed by atoms with Crippen molar-refractivity contribution in [1.82, 2.24) is 0 Å². The van der Waals surface area contributed by atoms with E-state index in [0.717, 1.165) is 12.3 Å². The predicted molar refractivity (Wildman–Crippen MR) is 121 cm³/mol. The molecule has 2 aliphatic carbocycles. The molecular weight excluding hydrogens is 417 g/mol. The average Bonchev–Trinajstić information content (AvgIpc) is 2.71. The van der Waals surface area contributed by atoms with Crippen LogP contribution in [0.25, 0.3) is 0 Å². The van der Waals surface area contributed by atoms with E-state index in [4.69, 9.17) is 9.47 Å². The summed E-state index contributed by atoms with van der Waals surface area (Å²) in [7, 11) is -1.59. The van der Waals surface area contributed by atoms with E-state index in [9.17, 15) is 13.2 Å². The van der Waals surface area contributed by atoms with Crippen molar-refractivity contribution in [2.75, 3.05) is 13.2 Å². The quantitative estimate of drug-likeness (QED) is 0.327. The van der Waals surface area contributed by atoms with Crippen LogP contribution in [0.3, 0.4) is 0 Å². The summed E-state index contributed by atoms with van der Waals surface area (Å²) in [5.41, 5.74) is 3.44. The first kappa shape index (κ1) is 25.1. The Morgan fingerprint density at radius 1 is 0.871 bits per heavy atom. The lowest BCUT2D eigenvalue weighted by atomic mass is 9.76. The first-order chi connectivity index (χ1) is 14.5. The molecule has 0 radical (unpaired) electrons. The summed E-state index contributed by atoms with van der Waals surface area (Å²) < 4.78 is 51.7. The highest BCUT2D eigenvalue weighted by atomic mass is 28.3. The molecule has 1 saturated heterocycles. The molecule has 0 spiro atoms. The molecule has 0 aromatic rings. The van der Waals surface area contributed by atoms with Crippen LogP contribution in [-0.2, 0) is 9.47 Å². The van der Waals surface area contributed by atoms with Gasteiger partial charge in [0.25, 0.3) is 0 Å². The maximum absolute atomic E-state index is 13.0. The third-order valence-electron chi connectivity index (χ3n) is 7.61. The second-order valence-electron chi connectivity index (χ2n) is 11.5. The monoisotopic (exact) mass is 458 g/mol. The highest BCUT2D eigenvalue weighted by Crippen LogP contribution is 2.42. The van der Waals surface area contributed by atoms with Crippen LogP contribution >= 0.6 is 0 Å². The second-order valence-corrected chi connectivity index (χ2v) is 16.2. The van der Waals surface area contributed by atoms with Crippen LogP contribution < -0.4 is 0 Å². The molecule has 3 rings (SSSR count). The highest BCUT2D eigenvalue weighted by Gasteiger charge is 2.43. The molecular formula is C25H41F3O2Si. The molecule has 0 unspecified atom stereocenters. The zero-order chi connectivity index (χ0) is 22.7. The van der Waals surface area contributed by atoms with Gasteiger partial charge in [-0.3, -0.25) is 0 Å². The van der Waals surface area contributed by atoms with Crippen molar-refractivity contribution in [3.8, 4) is 11.5 Å². The van der Waals surface area contributed by atoms with Gasteiger partial charge in [0.15, 0.2) is 0 Å². The van der Waals surface area contributed by atoms with Gasteiger partial charge in [0, 0.05) is 12.3 Å². The van der Waals surface area contributed by atoms with Crippen LogP contribution in [0.4, 0.5) is 13.2 Å². The van der Waals surface area contributed by atoms with Gasteiger partial charge in [-0.25, -0.2) is 0 Å². The normalized spacial score (nSPS) is 37.7. The number of hydrogen-bond donors (Lipinski definition) is 0. The lowest BCUT2D eigenvalue weighted by molar-refractivity contribution is -0.260. The van der Waals surface area contributed by atoms with Gasteiger partial charge in [-0.1, -0.05) is 39.4 Å². The maximum atomic E-state index is 13.0. The Hall–Kier alpha value is -0.513. The van der Waals surface area contributed by atoms with Crippen LogP contribution in [-0.4, -0.2) is 33.3 Å².